The number of hydrogen-bond donors (Lipinski definition) is 0. The molecule has 0 radical (unpaired) electrons. The van der Waals surface area contributed by atoms with Crippen LogP contribution in [0.25, 0.3) is 0 Å². The maximum Gasteiger partial charge on any atom is 0.226 e. The molecule has 0 saturated heterocycles. The topological polar surface area (TPSA) is 29.5 Å². The summed E-state index contributed by atoms with van der Waals surface area (Å²) < 4.78 is 5.16. The molecular formula is C11H15NO2. The summed E-state index contributed by atoms with van der Waals surface area (Å²) in [6.07, 6.45) is 0.386. The number of ether oxygens (including phenoxy) is 1. The highest BCUT2D eigenvalue weighted by Gasteiger charge is 2.08. The molecule has 0 atom stereocenters. The van der Waals surface area contributed by atoms with Crippen molar-refractivity contribution >= 4 is 5.91 Å². The summed E-state index contributed by atoms with van der Waals surface area (Å²) >= 11 is 0. The zero-order chi connectivity index (χ0) is 10.6. The van der Waals surface area contributed by atoms with E-state index in [4.69, 9.17) is 4.74 Å². The van der Waals surface area contributed by atoms with Crippen molar-refractivity contribution < 1.29 is 9.53 Å². The van der Waals surface area contributed by atoms with Crippen molar-refractivity contribution in [1.82, 2.24) is 4.90 Å². The fraction of sp³-hybridized carbons (Fsp3) is 0.364. The van der Waals surface area contributed by atoms with Gasteiger partial charge < -0.3 is 9.64 Å². The van der Waals surface area contributed by atoms with Gasteiger partial charge in [-0.2, -0.15) is 0 Å². The van der Waals surface area contributed by atoms with Crippen molar-refractivity contribution in [1.29, 1.82) is 0 Å². The largest absolute Gasteiger partial charge is 0.496 e. The third-order valence-electron chi connectivity index (χ3n) is 2.03. The van der Waals surface area contributed by atoms with Crippen LogP contribution in [0.2, 0.25) is 0 Å². The first-order valence-electron chi connectivity index (χ1n) is 4.47. The van der Waals surface area contributed by atoms with Crippen molar-refractivity contribution in [3.8, 4) is 5.75 Å². The monoisotopic (exact) mass is 193 g/mol. The van der Waals surface area contributed by atoms with E-state index in [1.165, 1.54) is 0 Å². The highest BCUT2D eigenvalue weighted by atomic mass is 16.5. The number of hydrogen-bond acceptors (Lipinski definition) is 2. The van der Waals surface area contributed by atoms with Gasteiger partial charge in [0.1, 0.15) is 5.75 Å². The molecule has 1 amide bonds. The number of carbonyl (C=O) groups excluding carboxylic acids is 1. The van der Waals surface area contributed by atoms with Crippen LogP contribution >= 0.6 is 0 Å². The van der Waals surface area contributed by atoms with Gasteiger partial charge in [0.15, 0.2) is 0 Å². The Balaban J connectivity index is 2.80. The van der Waals surface area contributed by atoms with Gasteiger partial charge >= 0.3 is 0 Å². The third kappa shape index (κ3) is 2.49. The van der Waals surface area contributed by atoms with E-state index in [1.54, 1.807) is 26.1 Å². The van der Waals surface area contributed by atoms with Crippen molar-refractivity contribution in [2.24, 2.45) is 0 Å². The third-order valence-corrected chi connectivity index (χ3v) is 2.03. The molecular weight excluding hydrogens is 178 g/mol. The Kier molecular flexibility index (Phi) is 3.51. The van der Waals surface area contributed by atoms with Gasteiger partial charge in [0.25, 0.3) is 0 Å². The van der Waals surface area contributed by atoms with E-state index in [9.17, 15) is 4.79 Å². The SMILES string of the molecule is COc1ccccc1CC(=O)N(C)C. The van der Waals surface area contributed by atoms with Crippen molar-refractivity contribution in [2.75, 3.05) is 21.2 Å². The Morgan fingerprint density at radius 1 is 1.36 bits per heavy atom. The number of benzene rings is 1. The Bertz CT molecular complexity index is 321. The highest BCUT2D eigenvalue weighted by Crippen LogP contribution is 2.17. The van der Waals surface area contributed by atoms with E-state index in [1.807, 2.05) is 24.3 Å². The van der Waals surface area contributed by atoms with Crippen LogP contribution in [0.3, 0.4) is 0 Å². The summed E-state index contributed by atoms with van der Waals surface area (Å²) in [6, 6.07) is 7.56. The maximum absolute atomic E-state index is 11.5. The Morgan fingerprint density at radius 3 is 2.57 bits per heavy atom. The molecule has 0 heterocycles. The lowest BCUT2D eigenvalue weighted by atomic mass is 10.1. The molecule has 0 aromatic heterocycles. The van der Waals surface area contributed by atoms with Gasteiger partial charge in [-0.3, -0.25) is 4.79 Å². The minimum atomic E-state index is 0.0782. The smallest absolute Gasteiger partial charge is 0.226 e. The van der Waals surface area contributed by atoms with Gasteiger partial charge in [0.05, 0.1) is 13.5 Å². The zero-order valence-corrected chi connectivity index (χ0v) is 8.78. The number of rotatable bonds is 3. The summed E-state index contributed by atoms with van der Waals surface area (Å²) in [7, 11) is 5.11. The maximum atomic E-state index is 11.5. The summed E-state index contributed by atoms with van der Waals surface area (Å²) in [6.45, 7) is 0. The van der Waals surface area contributed by atoms with Crippen LogP contribution in [0.4, 0.5) is 0 Å². The van der Waals surface area contributed by atoms with Gasteiger partial charge in [-0.15, -0.1) is 0 Å². The molecule has 1 aromatic rings. The molecule has 0 aliphatic heterocycles. The Morgan fingerprint density at radius 2 is 2.00 bits per heavy atom. The molecule has 3 nitrogen and oxygen atoms in total. The van der Waals surface area contributed by atoms with Gasteiger partial charge in [0, 0.05) is 19.7 Å². The van der Waals surface area contributed by atoms with Gasteiger partial charge in [-0.05, 0) is 6.07 Å². The first-order chi connectivity index (χ1) is 6.65. The lowest BCUT2D eigenvalue weighted by Gasteiger charge is -2.12. The minimum absolute atomic E-state index is 0.0782. The molecule has 76 valence electrons. The lowest BCUT2D eigenvalue weighted by Crippen LogP contribution is -2.23. The second kappa shape index (κ2) is 4.65. The second-order valence-electron chi connectivity index (χ2n) is 3.28. The predicted octanol–water partition coefficient (Wildman–Crippen LogP) is 1.33. The van der Waals surface area contributed by atoms with Gasteiger partial charge in [-0.25, -0.2) is 0 Å². The van der Waals surface area contributed by atoms with E-state index < -0.39 is 0 Å². The number of para-hydroxylation sites is 1. The zero-order valence-electron chi connectivity index (χ0n) is 8.78. The molecule has 0 aliphatic carbocycles. The molecule has 14 heavy (non-hydrogen) atoms. The molecule has 1 aromatic carbocycles. The van der Waals surface area contributed by atoms with Crippen LogP contribution in [0.15, 0.2) is 24.3 Å². The highest BCUT2D eigenvalue weighted by molar-refractivity contribution is 5.78. The number of carbonyl (C=O) groups is 1. The molecule has 0 aliphatic rings. The van der Waals surface area contributed by atoms with E-state index in [2.05, 4.69) is 0 Å². The minimum Gasteiger partial charge on any atom is -0.496 e. The Labute approximate surface area is 84.3 Å². The van der Waals surface area contributed by atoms with E-state index in [-0.39, 0.29) is 5.91 Å². The van der Waals surface area contributed by atoms with Crippen LogP contribution in [0.5, 0.6) is 5.75 Å². The quantitative estimate of drug-likeness (QED) is 0.724. The first-order valence-corrected chi connectivity index (χ1v) is 4.47. The number of methoxy groups -OCH3 is 1. The van der Waals surface area contributed by atoms with E-state index >= 15 is 0 Å². The second-order valence-corrected chi connectivity index (χ2v) is 3.28. The number of amides is 1. The summed E-state index contributed by atoms with van der Waals surface area (Å²) in [5.41, 5.74) is 0.925. The van der Waals surface area contributed by atoms with E-state index in [0.29, 0.717) is 6.42 Å². The standard InChI is InChI=1S/C11H15NO2/c1-12(2)11(13)8-9-6-4-5-7-10(9)14-3/h4-7H,8H2,1-3H3. The molecule has 0 spiro atoms. The molecule has 1 rings (SSSR count). The predicted molar refractivity (Wildman–Crippen MR) is 55.4 cm³/mol. The molecule has 0 saturated carbocycles. The fourth-order valence-corrected chi connectivity index (χ4v) is 1.17. The average Bonchev–Trinajstić information content (AvgIpc) is 2.18. The van der Waals surface area contributed by atoms with Crippen LogP contribution < -0.4 is 4.74 Å². The number of nitrogens with zero attached hydrogens (tertiary/aromatic N) is 1. The summed E-state index contributed by atoms with van der Waals surface area (Å²) in [5.74, 6) is 0.845. The van der Waals surface area contributed by atoms with Crippen LogP contribution in [0, 0.1) is 0 Å². The lowest BCUT2D eigenvalue weighted by molar-refractivity contribution is -0.127. The molecule has 0 fully saturated rings. The number of likely N-dealkylation sites (N-methyl/N-ethyl adjacent to an activating group) is 1. The van der Waals surface area contributed by atoms with Gasteiger partial charge in [0.2, 0.25) is 5.91 Å². The van der Waals surface area contributed by atoms with E-state index in [0.717, 1.165) is 11.3 Å². The molecule has 0 unspecified atom stereocenters. The molecule has 0 N–H and O–H groups in total. The average molecular weight is 193 g/mol. The fourth-order valence-electron chi connectivity index (χ4n) is 1.17. The van der Waals surface area contributed by atoms with Crippen LogP contribution in [0.1, 0.15) is 5.56 Å². The van der Waals surface area contributed by atoms with Crippen molar-refractivity contribution in [3.05, 3.63) is 29.8 Å². The van der Waals surface area contributed by atoms with Crippen LogP contribution in [-0.4, -0.2) is 32.0 Å². The molecule has 0 bridgehead atoms. The Hall–Kier alpha value is -1.51. The van der Waals surface area contributed by atoms with Crippen LogP contribution in [-0.2, 0) is 11.2 Å². The summed E-state index contributed by atoms with van der Waals surface area (Å²) in [5, 5.41) is 0. The normalized spacial score (nSPS) is 9.64. The van der Waals surface area contributed by atoms with Crippen molar-refractivity contribution in [2.45, 2.75) is 6.42 Å². The first kappa shape index (κ1) is 10.6. The summed E-state index contributed by atoms with van der Waals surface area (Å²) in [4.78, 5) is 13.0. The molecule has 3 heteroatoms. The van der Waals surface area contributed by atoms with Crippen molar-refractivity contribution in [3.63, 3.8) is 0 Å². The van der Waals surface area contributed by atoms with Gasteiger partial charge in [-0.1, -0.05) is 18.2 Å².